The van der Waals surface area contributed by atoms with Gasteiger partial charge in [-0.3, -0.25) is 4.98 Å². The standard InChI is InChI=1S/C19H10N2O2S/c22-19-13-9-11(18-21-14-6-2-4-8-16(14)24-18)10-20-17(13)12-5-1-3-7-15(12)23-19/h1-10H. The van der Waals surface area contributed by atoms with Crippen LogP contribution in [-0.2, 0) is 0 Å². The van der Waals surface area contributed by atoms with Crippen LogP contribution >= 0.6 is 11.3 Å². The Balaban J connectivity index is 1.80. The van der Waals surface area contributed by atoms with Crippen LogP contribution in [0.2, 0.25) is 0 Å². The zero-order chi connectivity index (χ0) is 16.1. The molecule has 0 amide bonds. The van der Waals surface area contributed by atoms with Gasteiger partial charge in [0.1, 0.15) is 10.6 Å². The predicted octanol–water partition coefficient (Wildman–Crippen LogP) is 4.62. The van der Waals surface area contributed by atoms with E-state index in [9.17, 15) is 4.79 Å². The number of hydrogen-bond acceptors (Lipinski definition) is 5. The maximum absolute atomic E-state index is 12.3. The molecule has 0 aliphatic heterocycles. The average molecular weight is 330 g/mol. The van der Waals surface area contributed by atoms with Crippen LogP contribution in [0.25, 0.3) is 42.7 Å². The molecule has 0 fully saturated rings. The lowest BCUT2D eigenvalue weighted by molar-refractivity contribution is 0.569. The van der Waals surface area contributed by atoms with Crippen LogP contribution in [0.1, 0.15) is 0 Å². The Kier molecular flexibility index (Phi) is 2.78. The summed E-state index contributed by atoms with van der Waals surface area (Å²) in [5.74, 6) is 0. The van der Waals surface area contributed by atoms with E-state index in [-0.39, 0.29) is 5.63 Å². The Bertz CT molecular complexity index is 1250. The first-order valence-electron chi connectivity index (χ1n) is 7.47. The molecule has 0 atom stereocenters. The van der Waals surface area contributed by atoms with Crippen LogP contribution < -0.4 is 5.63 Å². The molecule has 0 spiro atoms. The fourth-order valence-electron chi connectivity index (χ4n) is 2.85. The Morgan fingerprint density at radius 2 is 1.79 bits per heavy atom. The summed E-state index contributed by atoms with van der Waals surface area (Å²) < 4.78 is 6.52. The largest absolute Gasteiger partial charge is 0.422 e. The third-order valence-corrected chi connectivity index (χ3v) is 5.08. The number of pyridine rings is 1. The minimum absolute atomic E-state index is 0.376. The van der Waals surface area contributed by atoms with E-state index < -0.39 is 0 Å². The van der Waals surface area contributed by atoms with Gasteiger partial charge in [-0.1, -0.05) is 24.3 Å². The van der Waals surface area contributed by atoms with Crippen molar-refractivity contribution in [3.63, 3.8) is 0 Å². The molecule has 0 saturated carbocycles. The highest BCUT2D eigenvalue weighted by atomic mass is 32.1. The second kappa shape index (κ2) is 4.97. The van der Waals surface area contributed by atoms with Gasteiger partial charge in [-0.25, -0.2) is 9.78 Å². The summed E-state index contributed by atoms with van der Waals surface area (Å²) in [5, 5.41) is 2.16. The van der Waals surface area contributed by atoms with Crippen molar-refractivity contribution in [3.05, 3.63) is 71.2 Å². The van der Waals surface area contributed by atoms with E-state index >= 15 is 0 Å². The molecule has 0 bridgehead atoms. The molecule has 0 radical (unpaired) electrons. The lowest BCUT2D eigenvalue weighted by atomic mass is 10.1. The van der Waals surface area contributed by atoms with Crippen molar-refractivity contribution >= 4 is 43.4 Å². The van der Waals surface area contributed by atoms with Gasteiger partial charge < -0.3 is 4.42 Å². The molecular weight excluding hydrogens is 320 g/mol. The molecular formula is C19H10N2O2S. The summed E-state index contributed by atoms with van der Waals surface area (Å²) in [4.78, 5) is 21.5. The smallest absolute Gasteiger partial charge is 0.345 e. The van der Waals surface area contributed by atoms with Crippen LogP contribution in [0.15, 0.2) is 70.0 Å². The van der Waals surface area contributed by atoms with Gasteiger partial charge in [-0.15, -0.1) is 11.3 Å². The third kappa shape index (κ3) is 1.95. The number of benzene rings is 2. The number of nitrogens with zero attached hydrogens (tertiary/aromatic N) is 2. The molecule has 3 heterocycles. The molecule has 114 valence electrons. The van der Waals surface area contributed by atoms with Crippen LogP contribution in [-0.4, -0.2) is 9.97 Å². The average Bonchev–Trinajstić information content (AvgIpc) is 3.06. The molecule has 5 rings (SSSR count). The summed E-state index contributed by atoms with van der Waals surface area (Å²) in [7, 11) is 0. The lowest BCUT2D eigenvalue weighted by Crippen LogP contribution is -2.01. The first-order chi connectivity index (χ1) is 11.8. The van der Waals surface area contributed by atoms with Crippen LogP contribution in [0.4, 0.5) is 0 Å². The zero-order valence-electron chi connectivity index (χ0n) is 12.4. The van der Waals surface area contributed by atoms with E-state index in [0.717, 1.165) is 26.2 Å². The van der Waals surface area contributed by atoms with Crippen molar-refractivity contribution in [2.24, 2.45) is 0 Å². The molecule has 0 N–H and O–H groups in total. The zero-order valence-corrected chi connectivity index (χ0v) is 13.2. The van der Waals surface area contributed by atoms with Crippen molar-refractivity contribution < 1.29 is 4.42 Å². The van der Waals surface area contributed by atoms with E-state index in [2.05, 4.69) is 9.97 Å². The molecule has 4 nitrogen and oxygen atoms in total. The molecule has 3 aromatic heterocycles. The highest BCUT2D eigenvalue weighted by molar-refractivity contribution is 7.21. The van der Waals surface area contributed by atoms with Gasteiger partial charge in [0.05, 0.1) is 21.1 Å². The summed E-state index contributed by atoms with van der Waals surface area (Å²) in [6.45, 7) is 0. The number of aromatic nitrogens is 2. The normalized spacial score (nSPS) is 11.5. The van der Waals surface area contributed by atoms with Crippen molar-refractivity contribution in [3.8, 4) is 10.6 Å². The Morgan fingerprint density at radius 1 is 0.958 bits per heavy atom. The van der Waals surface area contributed by atoms with Crippen molar-refractivity contribution in [2.75, 3.05) is 0 Å². The SMILES string of the molecule is O=c1oc2ccccc2c2ncc(-c3nc4ccccc4s3)cc12. The van der Waals surface area contributed by atoms with E-state index in [1.165, 1.54) is 0 Å². The molecule has 0 saturated heterocycles. The van der Waals surface area contributed by atoms with E-state index in [0.29, 0.717) is 16.5 Å². The first-order valence-corrected chi connectivity index (χ1v) is 8.29. The van der Waals surface area contributed by atoms with Crippen molar-refractivity contribution in [2.45, 2.75) is 0 Å². The summed E-state index contributed by atoms with van der Waals surface area (Å²) in [5.41, 5.74) is 2.61. The van der Waals surface area contributed by atoms with Gasteiger partial charge in [-0.05, 0) is 30.3 Å². The topological polar surface area (TPSA) is 56.0 Å². The van der Waals surface area contributed by atoms with Gasteiger partial charge in [0.2, 0.25) is 0 Å². The van der Waals surface area contributed by atoms with Gasteiger partial charge in [0.15, 0.2) is 0 Å². The van der Waals surface area contributed by atoms with Crippen molar-refractivity contribution in [1.29, 1.82) is 0 Å². The second-order valence-corrected chi connectivity index (χ2v) is 6.52. The summed E-state index contributed by atoms with van der Waals surface area (Å²) in [6, 6.07) is 17.2. The molecule has 5 aromatic rings. The van der Waals surface area contributed by atoms with Crippen LogP contribution in [0.5, 0.6) is 0 Å². The van der Waals surface area contributed by atoms with Crippen LogP contribution in [0.3, 0.4) is 0 Å². The Hall–Kier alpha value is -3.05. The quantitative estimate of drug-likeness (QED) is 0.332. The molecule has 2 aromatic carbocycles. The molecule has 0 aliphatic rings. The molecule has 5 heteroatoms. The summed E-state index contributed by atoms with van der Waals surface area (Å²) in [6.07, 6.45) is 1.77. The van der Waals surface area contributed by atoms with Crippen LogP contribution in [0, 0.1) is 0 Å². The molecule has 0 unspecified atom stereocenters. The van der Waals surface area contributed by atoms with Gasteiger partial charge in [0, 0.05) is 17.1 Å². The Morgan fingerprint density at radius 3 is 2.71 bits per heavy atom. The van der Waals surface area contributed by atoms with Gasteiger partial charge in [-0.2, -0.15) is 0 Å². The fourth-order valence-corrected chi connectivity index (χ4v) is 3.80. The molecule has 0 aliphatic carbocycles. The monoisotopic (exact) mass is 330 g/mol. The maximum atomic E-state index is 12.3. The lowest BCUT2D eigenvalue weighted by Gasteiger charge is -2.03. The Labute approximate surface area is 140 Å². The minimum Gasteiger partial charge on any atom is -0.422 e. The number of hydrogen-bond donors (Lipinski definition) is 0. The maximum Gasteiger partial charge on any atom is 0.345 e. The third-order valence-electron chi connectivity index (χ3n) is 3.99. The minimum atomic E-state index is -0.376. The highest BCUT2D eigenvalue weighted by Gasteiger charge is 2.12. The first kappa shape index (κ1) is 13.4. The number of rotatable bonds is 1. The number of para-hydroxylation sites is 2. The van der Waals surface area contributed by atoms with E-state index in [1.807, 2.05) is 48.5 Å². The fraction of sp³-hybridized carbons (Fsp3) is 0. The highest BCUT2D eigenvalue weighted by Crippen LogP contribution is 2.31. The van der Waals surface area contributed by atoms with Gasteiger partial charge >= 0.3 is 5.63 Å². The molecule has 24 heavy (non-hydrogen) atoms. The van der Waals surface area contributed by atoms with E-state index in [1.54, 1.807) is 23.6 Å². The van der Waals surface area contributed by atoms with E-state index in [4.69, 9.17) is 4.42 Å². The number of thiazole rings is 1. The number of fused-ring (bicyclic) bond motifs is 4. The van der Waals surface area contributed by atoms with Gasteiger partial charge in [0.25, 0.3) is 0 Å². The van der Waals surface area contributed by atoms with Crippen molar-refractivity contribution in [1.82, 2.24) is 9.97 Å². The second-order valence-electron chi connectivity index (χ2n) is 5.49. The predicted molar refractivity (Wildman–Crippen MR) is 96.4 cm³/mol. The summed E-state index contributed by atoms with van der Waals surface area (Å²) >= 11 is 1.58.